The predicted octanol–water partition coefficient (Wildman–Crippen LogP) is 2.63. The van der Waals surface area contributed by atoms with E-state index in [0.29, 0.717) is 23.9 Å². The minimum atomic E-state index is -0.383. The number of carbonyl (C=O) groups is 2. The molecule has 1 aliphatic heterocycles. The fourth-order valence-corrected chi connectivity index (χ4v) is 3.78. The van der Waals surface area contributed by atoms with Crippen LogP contribution in [-0.2, 0) is 9.59 Å². The van der Waals surface area contributed by atoms with Gasteiger partial charge < -0.3 is 0 Å². The number of hydrogen-bond donors (Lipinski definition) is 0. The molecule has 6 heteroatoms. The van der Waals surface area contributed by atoms with Gasteiger partial charge in [0.2, 0.25) is 5.91 Å². The molecule has 1 spiro atoms. The number of Topliss-reactive ketones (excluding diaryl/α,β-unsaturated/α-hetero) is 1. The lowest BCUT2D eigenvalue weighted by molar-refractivity contribution is -0.130. The Hall–Kier alpha value is -1.49. The highest BCUT2D eigenvalue weighted by Gasteiger charge is 2.50. The monoisotopic (exact) mass is 307 g/mol. The standard InChI is InChI=1S/C15H18ClN3O2/c1-10(20)11-3-2-4-15(8-11)5-6-19(14(15)21)13-7-12(16)17-9-18-13/h7,9,11H,2-6,8H2,1H3/t11-,15?/m1/s1. The molecule has 0 aromatic carbocycles. The van der Waals surface area contributed by atoms with Crippen LogP contribution in [0, 0.1) is 11.3 Å². The molecule has 21 heavy (non-hydrogen) atoms. The van der Waals surface area contributed by atoms with Crippen molar-refractivity contribution in [1.82, 2.24) is 9.97 Å². The molecule has 5 nitrogen and oxygen atoms in total. The van der Waals surface area contributed by atoms with Crippen molar-refractivity contribution in [2.45, 2.75) is 39.0 Å². The lowest BCUT2D eigenvalue weighted by Gasteiger charge is -2.35. The topological polar surface area (TPSA) is 63.2 Å². The van der Waals surface area contributed by atoms with E-state index in [2.05, 4.69) is 9.97 Å². The summed E-state index contributed by atoms with van der Waals surface area (Å²) in [4.78, 5) is 34.2. The summed E-state index contributed by atoms with van der Waals surface area (Å²) in [6, 6.07) is 1.61. The van der Waals surface area contributed by atoms with E-state index >= 15 is 0 Å². The molecule has 3 rings (SSSR count). The summed E-state index contributed by atoms with van der Waals surface area (Å²) in [6.07, 6.45) is 5.55. The van der Waals surface area contributed by atoms with Gasteiger partial charge in [-0.15, -0.1) is 0 Å². The van der Waals surface area contributed by atoms with Crippen molar-refractivity contribution in [3.05, 3.63) is 17.5 Å². The van der Waals surface area contributed by atoms with Crippen LogP contribution in [0.25, 0.3) is 0 Å². The van der Waals surface area contributed by atoms with Gasteiger partial charge in [-0.3, -0.25) is 14.5 Å². The van der Waals surface area contributed by atoms with Crippen LogP contribution < -0.4 is 4.90 Å². The average Bonchev–Trinajstić information content (AvgIpc) is 2.76. The van der Waals surface area contributed by atoms with Gasteiger partial charge in [-0.05, 0) is 32.6 Å². The first kappa shape index (κ1) is 14.4. The number of anilines is 1. The summed E-state index contributed by atoms with van der Waals surface area (Å²) in [5.41, 5.74) is -0.383. The highest BCUT2D eigenvalue weighted by molar-refractivity contribution is 6.29. The van der Waals surface area contributed by atoms with Gasteiger partial charge in [0, 0.05) is 18.5 Å². The van der Waals surface area contributed by atoms with Gasteiger partial charge in [-0.1, -0.05) is 18.0 Å². The van der Waals surface area contributed by atoms with E-state index in [1.165, 1.54) is 6.33 Å². The van der Waals surface area contributed by atoms with Crippen LogP contribution >= 0.6 is 11.6 Å². The Balaban J connectivity index is 1.84. The summed E-state index contributed by atoms with van der Waals surface area (Å²) >= 11 is 5.88. The molecule has 1 saturated carbocycles. The number of nitrogens with zero attached hydrogens (tertiary/aromatic N) is 3. The number of ketones is 1. The largest absolute Gasteiger partial charge is 0.300 e. The van der Waals surface area contributed by atoms with Crippen LogP contribution in [0.2, 0.25) is 5.15 Å². The number of hydrogen-bond acceptors (Lipinski definition) is 4. The van der Waals surface area contributed by atoms with Crippen molar-refractivity contribution < 1.29 is 9.59 Å². The number of carbonyl (C=O) groups excluding carboxylic acids is 2. The zero-order valence-corrected chi connectivity index (χ0v) is 12.8. The first-order chi connectivity index (χ1) is 10.0. The van der Waals surface area contributed by atoms with E-state index in [1.54, 1.807) is 17.9 Å². The maximum absolute atomic E-state index is 12.9. The molecule has 2 fully saturated rings. The second-order valence-corrected chi connectivity index (χ2v) is 6.48. The number of aromatic nitrogens is 2. The number of amides is 1. The SMILES string of the molecule is CC(=O)[C@@H]1CCCC2(CCN(c3cc(Cl)ncn3)C2=O)C1. The van der Waals surface area contributed by atoms with Crippen molar-refractivity contribution in [3.8, 4) is 0 Å². The molecule has 112 valence electrons. The Morgan fingerprint density at radius 2 is 2.24 bits per heavy atom. The van der Waals surface area contributed by atoms with Gasteiger partial charge in [0.25, 0.3) is 0 Å². The zero-order chi connectivity index (χ0) is 15.0. The summed E-state index contributed by atoms with van der Waals surface area (Å²) < 4.78 is 0. The van der Waals surface area contributed by atoms with Crippen molar-refractivity contribution >= 4 is 29.1 Å². The fourth-order valence-electron chi connectivity index (χ4n) is 3.64. The molecule has 0 bridgehead atoms. The third-order valence-corrected chi connectivity index (χ3v) is 5.04. The highest BCUT2D eigenvalue weighted by atomic mass is 35.5. The molecule has 2 aliphatic rings. The van der Waals surface area contributed by atoms with E-state index in [9.17, 15) is 9.59 Å². The van der Waals surface area contributed by atoms with Crippen molar-refractivity contribution in [2.75, 3.05) is 11.4 Å². The van der Waals surface area contributed by atoms with Crippen molar-refractivity contribution in [3.63, 3.8) is 0 Å². The molecular formula is C15H18ClN3O2. The van der Waals surface area contributed by atoms with Crippen LogP contribution in [-0.4, -0.2) is 28.2 Å². The van der Waals surface area contributed by atoms with Gasteiger partial charge in [0.15, 0.2) is 0 Å². The molecule has 1 unspecified atom stereocenters. The predicted molar refractivity (Wildman–Crippen MR) is 79.1 cm³/mol. The lowest BCUT2D eigenvalue weighted by Crippen LogP contribution is -2.39. The molecule has 1 amide bonds. The zero-order valence-electron chi connectivity index (χ0n) is 12.0. The molecule has 1 aromatic rings. The van der Waals surface area contributed by atoms with Crippen LogP contribution in [0.15, 0.2) is 12.4 Å². The first-order valence-electron chi connectivity index (χ1n) is 7.32. The Morgan fingerprint density at radius 1 is 1.43 bits per heavy atom. The van der Waals surface area contributed by atoms with Crippen LogP contribution in [0.4, 0.5) is 5.82 Å². The van der Waals surface area contributed by atoms with Crippen molar-refractivity contribution in [1.29, 1.82) is 0 Å². The summed E-state index contributed by atoms with van der Waals surface area (Å²) in [5, 5.41) is 0.332. The normalized spacial score (nSPS) is 29.1. The second-order valence-electron chi connectivity index (χ2n) is 6.09. The second kappa shape index (κ2) is 5.37. The van der Waals surface area contributed by atoms with E-state index in [0.717, 1.165) is 25.7 Å². The molecule has 1 aromatic heterocycles. The van der Waals surface area contributed by atoms with Gasteiger partial charge >= 0.3 is 0 Å². The average molecular weight is 308 g/mol. The Morgan fingerprint density at radius 3 is 2.95 bits per heavy atom. The number of halogens is 1. The Bertz CT molecular complexity index is 592. The number of rotatable bonds is 2. The third kappa shape index (κ3) is 2.55. The summed E-state index contributed by atoms with van der Waals surface area (Å²) in [6.45, 7) is 2.27. The Kier molecular flexibility index (Phi) is 3.69. The van der Waals surface area contributed by atoms with Crippen LogP contribution in [0.5, 0.6) is 0 Å². The molecular weight excluding hydrogens is 290 g/mol. The van der Waals surface area contributed by atoms with Crippen molar-refractivity contribution in [2.24, 2.45) is 11.3 Å². The van der Waals surface area contributed by atoms with Gasteiger partial charge in [-0.2, -0.15) is 0 Å². The maximum Gasteiger partial charge on any atom is 0.234 e. The van der Waals surface area contributed by atoms with E-state index in [1.807, 2.05) is 0 Å². The van der Waals surface area contributed by atoms with E-state index < -0.39 is 0 Å². The maximum atomic E-state index is 12.9. The van der Waals surface area contributed by atoms with Crippen LogP contribution in [0.3, 0.4) is 0 Å². The molecule has 1 aliphatic carbocycles. The fraction of sp³-hybridized carbons (Fsp3) is 0.600. The molecule has 2 heterocycles. The quantitative estimate of drug-likeness (QED) is 0.788. The summed E-state index contributed by atoms with van der Waals surface area (Å²) in [5.74, 6) is 0.868. The lowest BCUT2D eigenvalue weighted by atomic mass is 9.68. The van der Waals surface area contributed by atoms with Gasteiger partial charge in [-0.25, -0.2) is 9.97 Å². The molecule has 2 atom stereocenters. The third-order valence-electron chi connectivity index (χ3n) is 4.83. The van der Waals surface area contributed by atoms with E-state index in [-0.39, 0.29) is 23.0 Å². The molecule has 0 radical (unpaired) electrons. The van der Waals surface area contributed by atoms with Gasteiger partial charge in [0.05, 0.1) is 5.41 Å². The first-order valence-corrected chi connectivity index (χ1v) is 7.70. The summed E-state index contributed by atoms with van der Waals surface area (Å²) in [7, 11) is 0. The molecule has 1 saturated heterocycles. The highest BCUT2D eigenvalue weighted by Crippen LogP contribution is 2.47. The van der Waals surface area contributed by atoms with Gasteiger partial charge in [0.1, 0.15) is 23.1 Å². The van der Waals surface area contributed by atoms with Crippen LogP contribution in [0.1, 0.15) is 39.0 Å². The van der Waals surface area contributed by atoms with E-state index in [4.69, 9.17) is 11.6 Å². The molecule has 0 N–H and O–H groups in total. The smallest absolute Gasteiger partial charge is 0.234 e. The minimum absolute atomic E-state index is 0.0247. The minimum Gasteiger partial charge on any atom is -0.300 e. The Labute approximate surface area is 128 Å².